The Labute approximate surface area is 243 Å². The molecule has 10 heteroatoms. The summed E-state index contributed by atoms with van der Waals surface area (Å²) < 4.78 is 11.3. The summed E-state index contributed by atoms with van der Waals surface area (Å²) in [6.07, 6.45) is -1.43. The highest BCUT2D eigenvalue weighted by Crippen LogP contribution is 2.19. The van der Waals surface area contributed by atoms with E-state index in [2.05, 4.69) is 10.6 Å². The first-order valence-corrected chi connectivity index (χ1v) is 14.6. The number of hydrogen-bond acceptors (Lipinski definition) is 7. The van der Waals surface area contributed by atoms with Crippen molar-refractivity contribution in [2.24, 2.45) is 17.8 Å². The Kier molecular flexibility index (Phi) is 13.3. The molecule has 41 heavy (non-hydrogen) atoms. The molecule has 1 aliphatic rings. The molecule has 1 aromatic rings. The van der Waals surface area contributed by atoms with Crippen molar-refractivity contribution < 1.29 is 33.4 Å². The van der Waals surface area contributed by atoms with Crippen molar-refractivity contribution in [3.63, 3.8) is 0 Å². The van der Waals surface area contributed by atoms with Crippen LogP contribution >= 0.6 is 0 Å². The number of hydrogen-bond donors (Lipinski definition) is 2. The van der Waals surface area contributed by atoms with Gasteiger partial charge in [-0.05, 0) is 42.6 Å². The third-order valence-corrected chi connectivity index (χ3v) is 6.80. The molecule has 0 aliphatic carbocycles. The Balaban J connectivity index is 2.49. The standard InChI is InChI=1S/C31H47N3O7/c1-19(2)15-23-31(39)41-26(17-21(5)6)30(38)34(7)24(18-22-11-9-8-10-12-22)28(36)32-14-13-27(35)40-25(16-20(3)4)29(37)33-23/h8-12,19-21,23-26H,13-18H2,1-7H3,(H,32,36)(H,33,37)/t23-,24-,25+,26-/m0/s1. The monoisotopic (exact) mass is 573 g/mol. The zero-order valence-corrected chi connectivity index (χ0v) is 25.5. The van der Waals surface area contributed by atoms with Gasteiger partial charge in [0.05, 0.1) is 6.42 Å². The van der Waals surface area contributed by atoms with Gasteiger partial charge < -0.3 is 25.0 Å². The van der Waals surface area contributed by atoms with Gasteiger partial charge in [-0.25, -0.2) is 4.79 Å². The minimum Gasteiger partial charge on any atom is -0.452 e. The molecular weight excluding hydrogens is 526 g/mol. The van der Waals surface area contributed by atoms with Crippen molar-refractivity contribution in [2.45, 2.75) is 97.9 Å². The maximum atomic E-state index is 13.8. The summed E-state index contributed by atoms with van der Waals surface area (Å²) in [4.78, 5) is 67.8. The highest BCUT2D eigenvalue weighted by molar-refractivity contribution is 5.92. The summed E-state index contributed by atoms with van der Waals surface area (Å²) >= 11 is 0. The van der Waals surface area contributed by atoms with E-state index in [-0.39, 0.29) is 56.4 Å². The van der Waals surface area contributed by atoms with Gasteiger partial charge in [-0.1, -0.05) is 71.9 Å². The molecule has 10 nitrogen and oxygen atoms in total. The van der Waals surface area contributed by atoms with E-state index in [9.17, 15) is 24.0 Å². The van der Waals surface area contributed by atoms with Crippen LogP contribution in [-0.2, 0) is 39.9 Å². The number of rotatable bonds is 8. The fraction of sp³-hybridized carbons (Fsp3) is 0.645. The molecule has 1 aliphatic heterocycles. The Bertz CT molecular complexity index is 1040. The molecule has 2 N–H and O–H groups in total. The van der Waals surface area contributed by atoms with E-state index in [1.165, 1.54) is 11.9 Å². The number of carbonyl (C=O) groups excluding carboxylic acids is 5. The highest BCUT2D eigenvalue weighted by atomic mass is 16.6. The molecule has 228 valence electrons. The minimum atomic E-state index is -1.15. The Morgan fingerprint density at radius 1 is 0.805 bits per heavy atom. The minimum absolute atomic E-state index is 0.00474. The first-order chi connectivity index (χ1) is 19.3. The summed E-state index contributed by atoms with van der Waals surface area (Å²) in [5, 5.41) is 5.45. The van der Waals surface area contributed by atoms with Gasteiger partial charge >= 0.3 is 11.9 Å². The van der Waals surface area contributed by atoms with E-state index in [0.717, 1.165) is 5.56 Å². The lowest BCUT2D eigenvalue weighted by molar-refractivity contribution is -0.166. The second-order valence-electron chi connectivity index (χ2n) is 12.0. The number of nitrogens with zero attached hydrogens (tertiary/aromatic N) is 1. The van der Waals surface area contributed by atoms with E-state index in [4.69, 9.17) is 9.47 Å². The maximum Gasteiger partial charge on any atom is 0.329 e. The molecule has 0 spiro atoms. The fourth-order valence-electron chi connectivity index (χ4n) is 4.68. The first-order valence-electron chi connectivity index (χ1n) is 14.6. The van der Waals surface area contributed by atoms with Crippen LogP contribution in [0.3, 0.4) is 0 Å². The average molecular weight is 574 g/mol. The summed E-state index contributed by atoms with van der Waals surface area (Å²) in [7, 11) is 1.51. The number of benzene rings is 1. The fourth-order valence-corrected chi connectivity index (χ4v) is 4.68. The second kappa shape index (κ2) is 16.1. The van der Waals surface area contributed by atoms with Crippen molar-refractivity contribution >= 4 is 29.7 Å². The summed E-state index contributed by atoms with van der Waals surface area (Å²) in [6, 6.07) is 7.33. The molecule has 0 unspecified atom stereocenters. The zero-order chi connectivity index (χ0) is 30.7. The lowest BCUT2D eigenvalue weighted by atomic mass is 10.00. The second-order valence-corrected chi connectivity index (χ2v) is 12.0. The highest BCUT2D eigenvalue weighted by Gasteiger charge is 2.37. The van der Waals surface area contributed by atoms with Gasteiger partial charge in [-0.15, -0.1) is 0 Å². The third-order valence-electron chi connectivity index (χ3n) is 6.80. The van der Waals surface area contributed by atoms with Crippen molar-refractivity contribution in [3.05, 3.63) is 35.9 Å². The molecular formula is C31H47N3O7. The lowest BCUT2D eigenvalue weighted by Gasteiger charge is -2.32. The summed E-state index contributed by atoms with van der Waals surface area (Å²) in [5.41, 5.74) is 0.842. The SMILES string of the molecule is CC(C)C[C@@H]1NC(=O)[C@@H](CC(C)C)OC(=O)CCNC(=O)[C@H](Cc2ccccc2)N(C)C(=O)[C@H](CC(C)C)OC1=O. The molecule has 3 amide bonds. The smallest absolute Gasteiger partial charge is 0.329 e. The lowest BCUT2D eigenvalue weighted by Crippen LogP contribution is -2.54. The number of amides is 3. The molecule has 0 radical (unpaired) electrons. The Morgan fingerprint density at radius 2 is 1.39 bits per heavy atom. The van der Waals surface area contributed by atoms with E-state index >= 15 is 0 Å². The molecule has 4 atom stereocenters. The number of nitrogens with one attached hydrogen (secondary N) is 2. The average Bonchev–Trinajstić information content (AvgIpc) is 2.88. The van der Waals surface area contributed by atoms with Crippen LogP contribution in [0, 0.1) is 17.8 Å². The largest absolute Gasteiger partial charge is 0.452 e. The third kappa shape index (κ3) is 11.2. The molecule has 1 fully saturated rings. The Hall–Kier alpha value is -3.43. The number of carbonyl (C=O) groups is 5. The van der Waals surface area contributed by atoms with Crippen LogP contribution in [0.2, 0.25) is 0 Å². The van der Waals surface area contributed by atoms with Gasteiger partial charge in [-0.2, -0.15) is 0 Å². The van der Waals surface area contributed by atoms with E-state index in [1.807, 2.05) is 71.9 Å². The Morgan fingerprint density at radius 3 is 1.98 bits per heavy atom. The van der Waals surface area contributed by atoms with Crippen molar-refractivity contribution in [3.8, 4) is 0 Å². The number of ether oxygens (including phenoxy) is 2. The normalized spacial score (nSPS) is 23.9. The summed E-state index contributed by atoms with van der Waals surface area (Å²) in [5.74, 6) is -2.91. The van der Waals surface area contributed by atoms with Gasteiger partial charge in [0.15, 0.2) is 12.2 Å². The number of likely N-dealkylation sites (N-methyl/N-ethyl adjacent to an activating group) is 1. The van der Waals surface area contributed by atoms with Crippen molar-refractivity contribution in [1.29, 1.82) is 0 Å². The van der Waals surface area contributed by atoms with Gasteiger partial charge in [0, 0.05) is 20.0 Å². The molecule has 1 aromatic carbocycles. The zero-order valence-electron chi connectivity index (χ0n) is 25.5. The molecule has 0 bridgehead atoms. The molecule has 0 saturated carbocycles. The van der Waals surface area contributed by atoms with Crippen LogP contribution < -0.4 is 10.6 Å². The van der Waals surface area contributed by atoms with E-state index in [0.29, 0.717) is 0 Å². The van der Waals surface area contributed by atoms with Gasteiger partial charge in [0.2, 0.25) is 5.91 Å². The van der Waals surface area contributed by atoms with Crippen LogP contribution in [0.5, 0.6) is 0 Å². The van der Waals surface area contributed by atoms with E-state index < -0.39 is 54.0 Å². The van der Waals surface area contributed by atoms with E-state index in [1.54, 1.807) is 0 Å². The predicted molar refractivity (Wildman–Crippen MR) is 154 cm³/mol. The van der Waals surface area contributed by atoms with Crippen LogP contribution in [0.1, 0.15) is 72.8 Å². The van der Waals surface area contributed by atoms with Crippen LogP contribution in [0.25, 0.3) is 0 Å². The number of cyclic esters (lactones) is 2. The van der Waals surface area contributed by atoms with Gasteiger partial charge in [0.25, 0.3) is 11.8 Å². The quantitative estimate of drug-likeness (QED) is 0.457. The summed E-state index contributed by atoms with van der Waals surface area (Å²) in [6.45, 7) is 11.4. The predicted octanol–water partition coefficient (Wildman–Crippen LogP) is 3.02. The number of esters is 2. The molecule has 0 aromatic heterocycles. The molecule has 1 heterocycles. The maximum absolute atomic E-state index is 13.8. The van der Waals surface area contributed by atoms with Crippen LogP contribution in [0.15, 0.2) is 30.3 Å². The molecule has 2 rings (SSSR count). The first kappa shape index (κ1) is 33.8. The van der Waals surface area contributed by atoms with Crippen LogP contribution in [0.4, 0.5) is 0 Å². The topological polar surface area (TPSA) is 131 Å². The van der Waals surface area contributed by atoms with Crippen LogP contribution in [-0.4, -0.2) is 72.4 Å². The van der Waals surface area contributed by atoms with Gasteiger partial charge in [-0.3, -0.25) is 19.2 Å². The molecule has 1 saturated heterocycles. The van der Waals surface area contributed by atoms with Crippen molar-refractivity contribution in [1.82, 2.24) is 15.5 Å². The van der Waals surface area contributed by atoms with Gasteiger partial charge in [0.1, 0.15) is 12.1 Å². The van der Waals surface area contributed by atoms with Crippen molar-refractivity contribution in [2.75, 3.05) is 13.6 Å².